The van der Waals surface area contributed by atoms with E-state index in [1.165, 1.54) is 20.5 Å². The molecule has 1 saturated heterocycles. The minimum atomic E-state index is -0.615. The van der Waals surface area contributed by atoms with Crippen molar-refractivity contribution in [3.8, 4) is 0 Å². The molecular formula is C15H24N4O3. The average Bonchev–Trinajstić information content (AvgIpc) is 2.51. The van der Waals surface area contributed by atoms with Crippen LogP contribution < -0.4 is 17.0 Å². The van der Waals surface area contributed by atoms with Crippen molar-refractivity contribution in [1.29, 1.82) is 0 Å². The van der Waals surface area contributed by atoms with E-state index < -0.39 is 11.2 Å². The van der Waals surface area contributed by atoms with Gasteiger partial charge in [0.05, 0.1) is 6.54 Å². The topological polar surface area (TPSA) is 90.3 Å². The molecule has 7 nitrogen and oxygen atoms in total. The highest BCUT2D eigenvalue weighted by Gasteiger charge is 2.26. The highest BCUT2D eigenvalue weighted by Crippen LogP contribution is 2.19. The maximum atomic E-state index is 12.6. The zero-order chi connectivity index (χ0) is 16.4. The van der Waals surface area contributed by atoms with Gasteiger partial charge in [-0.2, -0.15) is 0 Å². The van der Waals surface area contributed by atoms with E-state index in [0.29, 0.717) is 6.04 Å². The van der Waals surface area contributed by atoms with Crippen molar-refractivity contribution < 1.29 is 4.79 Å². The zero-order valence-electron chi connectivity index (χ0n) is 13.5. The van der Waals surface area contributed by atoms with E-state index in [1.54, 1.807) is 0 Å². The first-order valence-corrected chi connectivity index (χ1v) is 7.71. The summed E-state index contributed by atoms with van der Waals surface area (Å²) in [6, 6.07) is 0.371. The summed E-state index contributed by atoms with van der Waals surface area (Å²) in [5.41, 5.74) is 4.62. The lowest BCUT2D eigenvalue weighted by Gasteiger charge is -2.34. The van der Waals surface area contributed by atoms with Crippen LogP contribution in [0.4, 0.5) is 5.82 Å². The minimum absolute atomic E-state index is 0.0526. The van der Waals surface area contributed by atoms with Gasteiger partial charge in [0.1, 0.15) is 11.4 Å². The second-order valence-electron chi connectivity index (χ2n) is 5.92. The van der Waals surface area contributed by atoms with Gasteiger partial charge in [-0.25, -0.2) is 4.79 Å². The Kier molecular flexibility index (Phi) is 4.85. The fourth-order valence-electron chi connectivity index (χ4n) is 3.12. The number of nitrogens with two attached hydrogens (primary N) is 1. The molecule has 2 heterocycles. The molecule has 0 aromatic carbocycles. The first kappa shape index (κ1) is 16.5. The maximum Gasteiger partial charge on any atom is 0.332 e. The van der Waals surface area contributed by atoms with Gasteiger partial charge < -0.3 is 5.73 Å². The molecule has 1 aromatic heterocycles. The van der Waals surface area contributed by atoms with E-state index in [-0.39, 0.29) is 23.7 Å². The summed E-state index contributed by atoms with van der Waals surface area (Å²) < 4.78 is 2.07. The molecule has 1 aromatic rings. The molecule has 1 fully saturated rings. The average molecular weight is 308 g/mol. The lowest BCUT2D eigenvalue weighted by Crippen LogP contribution is -2.46. The molecule has 7 heteroatoms. The van der Waals surface area contributed by atoms with Crippen molar-refractivity contribution in [1.82, 2.24) is 14.0 Å². The van der Waals surface area contributed by atoms with E-state index in [1.807, 2.05) is 0 Å². The van der Waals surface area contributed by atoms with E-state index in [2.05, 4.69) is 11.8 Å². The van der Waals surface area contributed by atoms with E-state index in [4.69, 9.17) is 5.73 Å². The third-order valence-corrected chi connectivity index (χ3v) is 4.56. The number of carbonyl (C=O) groups is 1. The van der Waals surface area contributed by atoms with Crippen molar-refractivity contribution in [2.24, 2.45) is 14.1 Å². The summed E-state index contributed by atoms with van der Waals surface area (Å²) in [5, 5.41) is 0. The first-order valence-electron chi connectivity index (χ1n) is 7.71. The molecule has 1 unspecified atom stereocenters. The molecule has 2 N–H and O–H groups in total. The maximum absolute atomic E-state index is 12.6. The molecule has 22 heavy (non-hydrogen) atoms. The Balaban J connectivity index is 2.34. The number of nitrogen functional groups attached to an aromatic ring is 1. The Bertz CT molecular complexity index is 689. The number of nitrogens with zero attached hydrogens (tertiary/aromatic N) is 3. The predicted molar refractivity (Wildman–Crippen MR) is 85.2 cm³/mol. The Morgan fingerprint density at radius 2 is 1.91 bits per heavy atom. The molecular weight excluding hydrogens is 284 g/mol. The van der Waals surface area contributed by atoms with Crippen LogP contribution in [0.5, 0.6) is 0 Å². The standard InChI is InChI=1S/C15H24N4O3/c1-4-10-7-5-6-8-19(10)9-11(20)12-13(16)17(2)15(22)18(3)14(12)21/h10H,4-9,16H2,1-3H3. The molecule has 0 amide bonds. The van der Waals surface area contributed by atoms with Gasteiger partial charge in [-0.15, -0.1) is 0 Å². The van der Waals surface area contributed by atoms with Crippen molar-refractivity contribution in [2.45, 2.75) is 38.6 Å². The molecule has 0 aliphatic carbocycles. The molecule has 0 saturated carbocycles. The predicted octanol–water partition coefficient (Wildman–Crippen LogP) is 0.113. The van der Waals surface area contributed by atoms with Crippen LogP contribution in [0, 0.1) is 0 Å². The molecule has 0 spiro atoms. The van der Waals surface area contributed by atoms with Gasteiger partial charge in [0.15, 0.2) is 5.78 Å². The second-order valence-corrected chi connectivity index (χ2v) is 5.92. The molecule has 1 aliphatic heterocycles. The number of ketones is 1. The summed E-state index contributed by atoms with van der Waals surface area (Å²) in [6.07, 6.45) is 4.29. The number of rotatable bonds is 4. The van der Waals surface area contributed by atoms with Crippen LogP contribution in [0.1, 0.15) is 43.0 Å². The fraction of sp³-hybridized carbons (Fsp3) is 0.667. The molecule has 2 rings (SSSR count). The first-order chi connectivity index (χ1) is 10.4. The summed E-state index contributed by atoms with van der Waals surface area (Å²) >= 11 is 0. The Hall–Kier alpha value is -1.89. The van der Waals surface area contributed by atoms with Crippen LogP contribution in [0.25, 0.3) is 0 Å². The monoisotopic (exact) mass is 308 g/mol. The van der Waals surface area contributed by atoms with Crippen LogP contribution >= 0.6 is 0 Å². The third kappa shape index (κ3) is 2.85. The SMILES string of the molecule is CCC1CCCCN1CC(=O)c1c(N)n(C)c(=O)n(C)c1=O. The van der Waals surface area contributed by atoms with Crippen LogP contribution in [-0.4, -0.2) is 38.9 Å². The van der Waals surface area contributed by atoms with Gasteiger partial charge in [0.2, 0.25) is 0 Å². The lowest BCUT2D eigenvalue weighted by molar-refractivity contribution is 0.0836. The minimum Gasteiger partial charge on any atom is -0.384 e. The van der Waals surface area contributed by atoms with Crippen LogP contribution in [0.3, 0.4) is 0 Å². The zero-order valence-corrected chi connectivity index (χ0v) is 13.5. The summed E-state index contributed by atoms with van der Waals surface area (Å²) in [6.45, 7) is 3.14. The molecule has 122 valence electrons. The van der Waals surface area contributed by atoms with E-state index in [0.717, 1.165) is 34.9 Å². The largest absolute Gasteiger partial charge is 0.384 e. The number of anilines is 1. The normalized spacial score (nSPS) is 19.3. The Labute approximate surface area is 129 Å². The molecule has 1 aliphatic rings. The van der Waals surface area contributed by atoms with Gasteiger partial charge >= 0.3 is 5.69 Å². The number of piperidine rings is 1. The number of carbonyl (C=O) groups excluding carboxylic acids is 1. The van der Waals surface area contributed by atoms with Crippen molar-refractivity contribution in [2.75, 3.05) is 18.8 Å². The lowest BCUT2D eigenvalue weighted by atomic mass is 9.99. The molecule has 0 bridgehead atoms. The third-order valence-electron chi connectivity index (χ3n) is 4.56. The van der Waals surface area contributed by atoms with Gasteiger partial charge in [-0.05, 0) is 25.8 Å². The number of aromatic nitrogens is 2. The van der Waals surface area contributed by atoms with Gasteiger partial charge in [0, 0.05) is 20.1 Å². The summed E-state index contributed by atoms with van der Waals surface area (Å²) in [5.74, 6) is -0.364. The van der Waals surface area contributed by atoms with Gasteiger partial charge in [0.25, 0.3) is 5.56 Å². The van der Waals surface area contributed by atoms with Crippen molar-refractivity contribution in [3.05, 3.63) is 26.4 Å². The van der Waals surface area contributed by atoms with Gasteiger partial charge in [-0.1, -0.05) is 13.3 Å². The van der Waals surface area contributed by atoms with Gasteiger partial charge in [-0.3, -0.25) is 23.6 Å². The number of Topliss-reactive ketones (excluding diaryl/α,β-unsaturated/α-hetero) is 1. The van der Waals surface area contributed by atoms with E-state index in [9.17, 15) is 14.4 Å². The van der Waals surface area contributed by atoms with Crippen LogP contribution in [0.2, 0.25) is 0 Å². The van der Waals surface area contributed by atoms with Crippen molar-refractivity contribution >= 4 is 11.6 Å². The summed E-state index contributed by atoms with van der Waals surface area (Å²) in [7, 11) is 2.82. The van der Waals surface area contributed by atoms with Crippen molar-refractivity contribution in [3.63, 3.8) is 0 Å². The van der Waals surface area contributed by atoms with Crippen LogP contribution in [0.15, 0.2) is 9.59 Å². The molecule has 0 radical (unpaired) electrons. The highest BCUT2D eigenvalue weighted by molar-refractivity contribution is 6.01. The quantitative estimate of drug-likeness (QED) is 0.798. The van der Waals surface area contributed by atoms with E-state index >= 15 is 0 Å². The number of hydrogen-bond donors (Lipinski definition) is 1. The Morgan fingerprint density at radius 3 is 2.55 bits per heavy atom. The number of hydrogen-bond acceptors (Lipinski definition) is 5. The molecule has 1 atom stereocenters. The second kappa shape index (κ2) is 6.48. The smallest absolute Gasteiger partial charge is 0.332 e. The highest BCUT2D eigenvalue weighted by atomic mass is 16.2. The Morgan fingerprint density at radius 1 is 1.23 bits per heavy atom. The number of likely N-dealkylation sites (tertiary alicyclic amines) is 1. The fourth-order valence-corrected chi connectivity index (χ4v) is 3.12. The summed E-state index contributed by atoms with van der Waals surface area (Å²) in [4.78, 5) is 38.7. The van der Waals surface area contributed by atoms with Crippen LogP contribution in [-0.2, 0) is 14.1 Å².